The lowest BCUT2D eigenvalue weighted by atomic mass is 10.0. The van der Waals surface area contributed by atoms with E-state index in [0.717, 1.165) is 42.9 Å². The average Bonchev–Trinajstić information content (AvgIpc) is 3.78. The van der Waals surface area contributed by atoms with Gasteiger partial charge in [0.25, 0.3) is 5.91 Å². The number of rotatable bonds is 11. The minimum Gasteiger partial charge on any atom is -0.472 e. The van der Waals surface area contributed by atoms with E-state index in [4.69, 9.17) is 9.47 Å². The minimum atomic E-state index is -3.26. The van der Waals surface area contributed by atoms with Gasteiger partial charge >= 0.3 is 13.2 Å². The highest BCUT2D eigenvalue weighted by Crippen LogP contribution is 2.40. The highest BCUT2D eigenvalue weighted by molar-refractivity contribution is 6.09. The topological polar surface area (TPSA) is 155 Å². The molecule has 0 radical (unpaired) electrons. The molecular formula is C31H32F4N12O4. The molecular weight excluding hydrogens is 680 g/mol. The summed E-state index contributed by atoms with van der Waals surface area (Å²) >= 11 is 0. The van der Waals surface area contributed by atoms with E-state index in [-0.39, 0.29) is 52.3 Å². The van der Waals surface area contributed by atoms with Gasteiger partial charge in [-0.3, -0.25) is 9.48 Å². The summed E-state index contributed by atoms with van der Waals surface area (Å²) in [5.74, 6) is -0.422. The summed E-state index contributed by atoms with van der Waals surface area (Å²) in [6.07, 6.45) is 5.82. The Bertz CT molecular complexity index is 2110. The molecule has 7 rings (SSSR count). The van der Waals surface area contributed by atoms with E-state index in [2.05, 4.69) is 50.4 Å². The number of benzene rings is 1. The van der Waals surface area contributed by atoms with Crippen LogP contribution in [-0.4, -0.2) is 106 Å². The number of tetrazole rings is 1. The molecule has 1 atom stereocenters. The lowest BCUT2D eigenvalue weighted by molar-refractivity contribution is -0.0526. The number of nitrogens with zero attached hydrogens (tertiary/aromatic N) is 11. The number of aromatic nitrogens is 9. The van der Waals surface area contributed by atoms with Gasteiger partial charge in [0.2, 0.25) is 5.88 Å². The molecule has 5 aromatic rings. The van der Waals surface area contributed by atoms with E-state index < -0.39 is 30.5 Å². The van der Waals surface area contributed by atoms with Crippen LogP contribution in [0.1, 0.15) is 43.0 Å². The maximum absolute atomic E-state index is 13.5. The number of hydrogen-bond donors (Lipinski definition) is 1. The molecule has 51 heavy (non-hydrogen) atoms. The van der Waals surface area contributed by atoms with E-state index in [1.807, 2.05) is 27.8 Å². The number of anilines is 1. The molecule has 0 aliphatic carbocycles. The van der Waals surface area contributed by atoms with Crippen molar-refractivity contribution in [2.45, 2.75) is 52.2 Å². The molecule has 0 spiro atoms. The van der Waals surface area contributed by atoms with Gasteiger partial charge in [0.15, 0.2) is 11.5 Å². The van der Waals surface area contributed by atoms with Gasteiger partial charge < -0.3 is 29.3 Å². The monoisotopic (exact) mass is 712 g/mol. The van der Waals surface area contributed by atoms with Crippen LogP contribution < -0.4 is 14.8 Å². The van der Waals surface area contributed by atoms with Crippen molar-refractivity contribution in [3.8, 4) is 22.8 Å². The Morgan fingerprint density at radius 1 is 1.10 bits per heavy atom. The maximum atomic E-state index is 13.5. The van der Waals surface area contributed by atoms with Gasteiger partial charge in [0.05, 0.1) is 17.4 Å². The van der Waals surface area contributed by atoms with Crippen LogP contribution in [0.2, 0.25) is 0 Å². The largest absolute Gasteiger partial charge is 0.472 e. The fourth-order valence-electron chi connectivity index (χ4n) is 5.79. The number of amides is 1. The Labute approximate surface area is 287 Å². The lowest BCUT2D eigenvalue weighted by Crippen LogP contribution is -2.54. The number of carbonyl (C=O) groups excluding carboxylic acids is 1. The molecule has 16 nitrogen and oxygen atoms in total. The van der Waals surface area contributed by atoms with Crippen LogP contribution in [0.4, 0.5) is 23.2 Å². The second-order valence-electron chi connectivity index (χ2n) is 12.7. The Hall–Kier alpha value is -5.95. The highest BCUT2D eigenvalue weighted by Gasteiger charge is 2.43. The van der Waals surface area contributed by atoms with Crippen LogP contribution in [-0.2, 0) is 11.3 Å². The van der Waals surface area contributed by atoms with Crippen molar-refractivity contribution < 1.29 is 36.6 Å². The molecule has 1 unspecified atom stereocenters. The molecule has 6 heterocycles. The second kappa shape index (κ2) is 13.1. The molecule has 0 saturated carbocycles. The fourth-order valence-corrected chi connectivity index (χ4v) is 5.79. The summed E-state index contributed by atoms with van der Waals surface area (Å²) in [5.41, 5.74) is 0.627. The Morgan fingerprint density at radius 3 is 2.67 bits per heavy atom. The van der Waals surface area contributed by atoms with Crippen molar-refractivity contribution in [3.05, 3.63) is 72.0 Å². The van der Waals surface area contributed by atoms with Crippen LogP contribution in [0.5, 0.6) is 11.5 Å². The first-order chi connectivity index (χ1) is 24.3. The molecule has 4 aromatic heterocycles. The number of fused-ring (bicyclic) bond motifs is 2. The number of halogens is 4. The maximum Gasteiger partial charge on any atom is 0.387 e. The summed E-state index contributed by atoms with van der Waals surface area (Å²) in [6, 6.07) is 4.56. The molecule has 2 aliphatic heterocycles. The number of carbonyl (C=O) groups is 1. The van der Waals surface area contributed by atoms with Crippen molar-refractivity contribution in [1.29, 1.82) is 0 Å². The highest BCUT2D eigenvalue weighted by atomic mass is 19.3. The molecule has 1 aromatic carbocycles. The first-order valence-electron chi connectivity index (χ1n) is 15.7. The molecule has 1 saturated heterocycles. The van der Waals surface area contributed by atoms with Gasteiger partial charge in [0.1, 0.15) is 46.6 Å². The second-order valence-corrected chi connectivity index (χ2v) is 12.7. The quantitative estimate of drug-likeness (QED) is 0.198. The molecule has 2 aliphatic rings. The lowest BCUT2D eigenvalue weighted by Gasteiger charge is -2.49. The summed E-state index contributed by atoms with van der Waals surface area (Å²) in [7, 11) is 1.96. The predicted octanol–water partition coefficient (Wildman–Crippen LogP) is 3.87. The zero-order valence-corrected chi connectivity index (χ0v) is 27.7. The summed E-state index contributed by atoms with van der Waals surface area (Å²) in [5, 5.41) is 24.4. The van der Waals surface area contributed by atoms with Crippen molar-refractivity contribution in [3.63, 3.8) is 0 Å². The van der Waals surface area contributed by atoms with Crippen molar-refractivity contribution >= 4 is 17.2 Å². The minimum absolute atomic E-state index is 0.0185. The van der Waals surface area contributed by atoms with Crippen LogP contribution in [0.25, 0.3) is 16.9 Å². The summed E-state index contributed by atoms with van der Waals surface area (Å²) < 4.78 is 71.5. The molecule has 0 bridgehead atoms. The molecule has 1 N–H and O–H groups in total. The van der Waals surface area contributed by atoms with Gasteiger partial charge in [0, 0.05) is 45.3 Å². The third kappa shape index (κ3) is 6.93. The number of alkyl halides is 4. The first kappa shape index (κ1) is 33.5. The third-order valence-corrected chi connectivity index (χ3v) is 7.96. The van der Waals surface area contributed by atoms with E-state index in [1.165, 1.54) is 32.6 Å². The number of likely N-dealkylation sites (N-methyl/N-ethyl adjacent to an activating group) is 1. The molecule has 268 valence electrons. The van der Waals surface area contributed by atoms with E-state index >= 15 is 0 Å². The Morgan fingerprint density at radius 2 is 1.90 bits per heavy atom. The van der Waals surface area contributed by atoms with Crippen LogP contribution in [0, 0.1) is 0 Å². The van der Waals surface area contributed by atoms with Gasteiger partial charge in [-0.15, -0.1) is 10.2 Å². The zero-order chi connectivity index (χ0) is 36.0. The molecule has 1 fully saturated rings. The van der Waals surface area contributed by atoms with Gasteiger partial charge in [-0.25, -0.2) is 9.50 Å². The fraction of sp³-hybridized carbons (Fsp3) is 0.387. The van der Waals surface area contributed by atoms with E-state index in [1.54, 1.807) is 12.3 Å². The van der Waals surface area contributed by atoms with E-state index in [0.29, 0.717) is 6.54 Å². The number of hydrogen-bond acceptors (Lipinski definition) is 12. The first-order valence-corrected chi connectivity index (χ1v) is 15.7. The van der Waals surface area contributed by atoms with Crippen molar-refractivity contribution in [2.75, 3.05) is 32.0 Å². The third-order valence-electron chi connectivity index (χ3n) is 7.96. The SMILES string of the molecule is CN1CCN2CC(n3nnc(Cn4cc(NC(=O)c5cnn6cccnc56)c(-c5cc(OC(F)F)ccc5OC(F)F)n4)n3)C2=C1OC(C)(C)C. The standard InChI is InChI=1S/C31H32F4N12O4/c1-31(2,3)51-28-25-21(15-44(25)11-10-43(28)4)47-40-23(39-42-47)16-45-14-20(38-27(48)19-13-37-46-9-5-8-36-26(19)46)24(41-45)18-12-17(49-29(32)33)6-7-22(18)50-30(34)35/h5-9,12-14,21,29-30H,10-11,15-16H2,1-4H3,(H,38,48). The predicted molar refractivity (Wildman–Crippen MR) is 170 cm³/mol. The van der Waals surface area contributed by atoms with E-state index in [9.17, 15) is 22.4 Å². The Kier molecular flexibility index (Phi) is 8.59. The van der Waals surface area contributed by atoms with Crippen LogP contribution >= 0.6 is 0 Å². The zero-order valence-electron chi connectivity index (χ0n) is 27.7. The number of nitrogens with one attached hydrogen (secondary N) is 1. The number of ether oxygens (including phenoxy) is 3. The van der Waals surface area contributed by atoms with Gasteiger partial charge in [-0.05, 0) is 50.3 Å². The Balaban J connectivity index is 1.23. The average molecular weight is 713 g/mol. The van der Waals surface area contributed by atoms with Crippen molar-refractivity contribution in [1.82, 2.24) is 54.4 Å². The summed E-state index contributed by atoms with van der Waals surface area (Å²) in [4.78, 5) is 23.5. The molecule has 20 heteroatoms. The van der Waals surface area contributed by atoms with Crippen LogP contribution in [0.15, 0.2) is 60.6 Å². The van der Waals surface area contributed by atoms with Crippen LogP contribution in [0.3, 0.4) is 0 Å². The molecule has 1 amide bonds. The van der Waals surface area contributed by atoms with Gasteiger partial charge in [-0.2, -0.15) is 32.6 Å². The smallest absolute Gasteiger partial charge is 0.387 e. The normalized spacial score (nSPS) is 16.2. The summed E-state index contributed by atoms with van der Waals surface area (Å²) in [6.45, 7) is 1.66. The van der Waals surface area contributed by atoms with Crippen molar-refractivity contribution in [2.24, 2.45) is 0 Å². The van der Waals surface area contributed by atoms with Gasteiger partial charge in [-0.1, -0.05) is 0 Å².